The van der Waals surface area contributed by atoms with E-state index in [1.165, 1.54) is 23.5 Å². The zero-order valence-corrected chi connectivity index (χ0v) is 17.7. The molecular formula is C23H22FN5OS. The molecule has 6 rings (SSSR count). The highest BCUT2D eigenvalue weighted by molar-refractivity contribution is 7.22. The number of aromatic nitrogens is 3. The van der Waals surface area contributed by atoms with Gasteiger partial charge in [0.15, 0.2) is 5.13 Å². The van der Waals surface area contributed by atoms with Gasteiger partial charge in [0.2, 0.25) is 5.91 Å². The molecule has 0 unspecified atom stereocenters. The summed E-state index contributed by atoms with van der Waals surface area (Å²) in [6, 6.07) is 12.8. The minimum atomic E-state index is -0.240. The Morgan fingerprint density at radius 1 is 1.23 bits per heavy atom. The van der Waals surface area contributed by atoms with E-state index in [9.17, 15) is 9.18 Å². The molecule has 1 saturated carbocycles. The van der Waals surface area contributed by atoms with Gasteiger partial charge in [-0.05, 0) is 49.1 Å². The van der Waals surface area contributed by atoms with Crippen LogP contribution >= 0.6 is 11.3 Å². The second-order valence-electron chi connectivity index (χ2n) is 8.55. The van der Waals surface area contributed by atoms with Crippen LogP contribution in [0.1, 0.15) is 31.0 Å². The van der Waals surface area contributed by atoms with E-state index in [1.807, 2.05) is 24.3 Å². The van der Waals surface area contributed by atoms with Crippen molar-refractivity contribution in [3.63, 3.8) is 0 Å². The Balaban J connectivity index is 1.04. The van der Waals surface area contributed by atoms with E-state index in [0.717, 1.165) is 58.1 Å². The summed E-state index contributed by atoms with van der Waals surface area (Å²) < 4.78 is 14.3. The Morgan fingerprint density at radius 3 is 3.03 bits per heavy atom. The molecule has 2 aliphatic rings. The van der Waals surface area contributed by atoms with Crippen LogP contribution in [0.25, 0.3) is 21.3 Å². The minimum Gasteiger partial charge on any atom is -0.352 e. The van der Waals surface area contributed by atoms with Crippen molar-refractivity contribution in [3.8, 4) is 0 Å². The first-order chi connectivity index (χ1) is 15.1. The van der Waals surface area contributed by atoms with E-state index in [-0.39, 0.29) is 17.8 Å². The number of rotatable bonds is 5. The van der Waals surface area contributed by atoms with Gasteiger partial charge in [0.05, 0.1) is 21.3 Å². The van der Waals surface area contributed by atoms with E-state index in [0.29, 0.717) is 18.3 Å². The molecule has 2 aromatic heterocycles. The lowest BCUT2D eigenvalue weighted by atomic mass is 10.2. The van der Waals surface area contributed by atoms with E-state index >= 15 is 0 Å². The number of H-pyrrole nitrogens is 1. The van der Waals surface area contributed by atoms with Gasteiger partial charge in [-0.2, -0.15) is 0 Å². The fraction of sp³-hybridized carbons (Fsp3) is 0.348. The van der Waals surface area contributed by atoms with E-state index in [4.69, 9.17) is 0 Å². The Bertz CT molecular complexity index is 1250. The van der Waals surface area contributed by atoms with Crippen LogP contribution in [0.2, 0.25) is 0 Å². The Morgan fingerprint density at radius 2 is 2.13 bits per heavy atom. The molecule has 1 amide bonds. The second kappa shape index (κ2) is 7.30. The zero-order valence-electron chi connectivity index (χ0n) is 16.8. The molecule has 0 radical (unpaired) electrons. The summed E-state index contributed by atoms with van der Waals surface area (Å²) >= 11 is 1.50. The summed E-state index contributed by atoms with van der Waals surface area (Å²) in [4.78, 5) is 27.5. The molecule has 3 heterocycles. The maximum atomic E-state index is 13.4. The van der Waals surface area contributed by atoms with Gasteiger partial charge in [-0.25, -0.2) is 14.4 Å². The molecule has 2 aromatic carbocycles. The van der Waals surface area contributed by atoms with Crippen LogP contribution < -0.4 is 10.2 Å². The quantitative estimate of drug-likeness (QED) is 0.493. The van der Waals surface area contributed by atoms with Gasteiger partial charge in [-0.3, -0.25) is 4.79 Å². The van der Waals surface area contributed by atoms with Crippen molar-refractivity contribution in [2.24, 2.45) is 5.92 Å². The van der Waals surface area contributed by atoms with Crippen LogP contribution in [0.3, 0.4) is 0 Å². The molecule has 2 fully saturated rings. The third-order valence-electron chi connectivity index (χ3n) is 6.29. The Kier molecular flexibility index (Phi) is 4.41. The number of amides is 1. The lowest BCUT2D eigenvalue weighted by molar-refractivity contribution is -0.122. The number of nitrogens with one attached hydrogen (secondary N) is 2. The monoisotopic (exact) mass is 435 g/mol. The SMILES string of the molecule is O=C(C[C@@H]1C[C@@H]1c1nc2ccccc2[nH]1)N[C@@H]1CCN(c2nc3ccc(F)cc3s2)C1. The van der Waals surface area contributed by atoms with Crippen LogP contribution in [0.15, 0.2) is 42.5 Å². The summed E-state index contributed by atoms with van der Waals surface area (Å²) in [7, 11) is 0. The number of thiazole rings is 1. The molecule has 1 aliphatic heterocycles. The van der Waals surface area contributed by atoms with Gasteiger partial charge in [0.25, 0.3) is 0 Å². The van der Waals surface area contributed by atoms with Crippen molar-refractivity contribution in [3.05, 3.63) is 54.1 Å². The van der Waals surface area contributed by atoms with Gasteiger partial charge < -0.3 is 15.2 Å². The van der Waals surface area contributed by atoms with E-state index < -0.39 is 0 Å². The number of para-hydroxylation sites is 2. The van der Waals surface area contributed by atoms with Crippen LogP contribution in [-0.4, -0.2) is 40.0 Å². The second-order valence-corrected chi connectivity index (χ2v) is 9.56. The molecular weight excluding hydrogens is 413 g/mol. The summed E-state index contributed by atoms with van der Waals surface area (Å²) in [5.41, 5.74) is 2.85. The number of anilines is 1. The summed E-state index contributed by atoms with van der Waals surface area (Å²) in [6.07, 6.45) is 2.44. The number of carbonyl (C=O) groups is 1. The Labute approximate surface area is 182 Å². The van der Waals surface area contributed by atoms with Crippen molar-refractivity contribution >= 4 is 43.6 Å². The number of hydrogen-bond donors (Lipinski definition) is 2. The van der Waals surface area contributed by atoms with Crippen molar-refractivity contribution in [1.82, 2.24) is 20.3 Å². The molecule has 0 bridgehead atoms. The van der Waals surface area contributed by atoms with Crippen LogP contribution in [0.5, 0.6) is 0 Å². The lowest BCUT2D eigenvalue weighted by Crippen LogP contribution is -2.37. The molecule has 6 nitrogen and oxygen atoms in total. The van der Waals surface area contributed by atoms with Crippen LogP contribution in [0, 0.1) is 11.7 Å². The first-order valence-corrected chi connectivity index (χ1v) is 11.5. The van der Waals surface area contributed by atoms with Crippen molar-refractivity contribution in [2.45, 2.75) is 31.2 Å². The van der Waals surface area contributed by atoms with Crippen molar-refractivity contribution in [2.75, 3.05) is 18.0 Å². The maximum Gasteiger partial charge on any atom is 0.220 e. The highest BCUT2D eigenvalue weighted by Gasteiger charge is 2.42. The summed E-state index contributed by atoms with van der Waals surface area (Å²) in [6.45, 7) is 1.59. The molecule has 3 atom stereocenters. The smallest absolute Gasteiger partial charge is 0.220 e. The third-order valence-corrected chi connectivity index (χ3v) is 7.37. The number of hydrogen-bond acceptors (Lipinski definition) is 5. The summed E-state index contributed by atoms with van der Waals surface area (Å²) in [5, 5.41) is 4.09. The first kappa shape index (κ1) is 18.7. The molecule has 31 heavy (non-hydrogen) atoms. The van der Waals surface area contributed by atoms with Gasteiger partial charge in [-0.15, -0.1) is 0 Å². The molecule has 4 aromatic rings. The molecule has 1 aliphatic carbocycles. The van der Waals surface area contributed by atoms with Gasteiger partial charge in [0, 0.05) is 31.5 Å². The third kappa shape index (κ3) is 3.65. The number of fused-ring (bicyclic) bond motifs is 2. The lowest BCUT2D eigenvalue weighted by Gasteiger charge is -2.15. The zero-order chi connectivity index (χ0) is 20.9. The van der Waals surface area contributed by atoms with E-state index in [1.54, 1.807) is 6.07 Å². The largest absolute Gasteiger partial charge is 0.352 e. The van der Waals surface area contributed by atoms with Crippen molar-refractivity contribution in [1.29, 1.82) is 0 Å². The number of nitrogens with zero attached hydrogens (tertiary/aromatic N) is 3. The Hall–Kier alpha value is -3.00. The van der Waals surface area contributed by atoms with Crippen LogP contribution in [0.4, 0.5) is 9.52 Å². The number of halogens is 1. The number of imidazole rings is 1. The van der Waals surface area contributed by atoms with Gasteiger partial charge in [-0.1, -0.05) is 23.5 Å². The fourth-order valence-electron chi connectivity index (χ4n) is 4.55. The standard InChI is InChI=1S/C23H22FN5OS/c24-14-5-6-19-20(11-14)31-23(28-19)29-8-7-15(12-29)25-21(30)10-13-9-16(13)22-26-17-3-1-2-4-18(17)27-22/h1-6,11,13,15-16H,7-10,12H2,(H,25,30)(H,26,27)/t13-,15+,16-/m0/s1. The number of carbonyl (C=O) groups excluding carboxylic acids is 1. The van der Waals surface area contributed by atoms with Crippen molar-refractivity contribution < 1.29 is 9.18 Å². The predicted octanol–water partition coefficient (Wildman–Crippen LogP) is 4.20. The normalized spacial score (nSPS) is 23.0. The topological polar surface area (TPSA) is 73.9 Å². The molecule has 2 N–H and O–H groups in total. The highest BCUT2D eigenvalue weighted by atomic mass is 32.1. The minimum absolute atomic E-state index is 0.113. The molecule has 8 heteroatoms. The number of benzene rings is 2. The fourth-order valence-corrected chi connectivity index (χ4v) is 5.58. The summed E-state index contributed by atoms with van der Waals surface area (Å²) in [5.74, 6) is 1.58. The molecule has 1 saturated heterocycles. The predicted molar refractivity (Wildman–Crippen MR) is 120 cm³/mol. The molecule has 0 spiro atoms. The highest BCUT2D eigenvalue weighted by Crippen LogP contribution is 2.48. The van der Waals surface area contributed by atoms with E-state index in [2.05, 4.69) is 25.2 Å². The van der Waals surface area contributed by atoms with Crippen LogP contribution in [-0.2, 0) is 4.79 Å². The average molecular weight is 436 g/mol. The first-order valence-electron chi connectivity index (χ1n) is 10.7. The maximum absolute atomic E-state index is 13.4. The van der Waals surface area contributed by atoms with Gasteiger partial charge in [0.1, 0.15) is 11.6 Å². The molecule has 158 valence electrons. The number of aromatic amines is 1. The average Bonchev–Trinajstić information content (AvgIpc) is 3.13. The van der Waals surface area contributed by atoms with Gasteiger partial charge >= 0.3 is 0 Å².